The van der Waals surface area contributed by atoms with E-state index in [9.17, 15) is 8.42 Å². The quantitative estimate of drug-likeness (QED) is 0.632. The molecule has 0 saturated heterocycles. The predicted octanol–water partition coefficient (Wildman–Crippen LogP) is 4.69. The van der Waals surface area contributed by atoms with Crippen molar-refractivity contribution in [2.45, 2.75) is 21.3 Å². The maximum absolute atomic E-state index is 12.8. The van der Waals surface area contributed by atoms with Gasteiger partial charge >= 0.3 is 3.52 Å². The Morgan fingerprint density at radius 2 is 1.64 bits per heavy atom. The molecule has 1 aliphatic rings. The summed E-state index contributed by atoms with van der Waals surface area (Å²) in [6, 6.07) is 17.0. The minimum absolute atomic E-state index is 0.373. The lowest BCUT2D eigenvalue weighted by molar-refractivity contribution is 0.599. The number of sulfone groups is 1. The van der Waals surface area contributed by atoms with Crippen LogP contribution in [0.15, 0.2) is 63.0 Å². The van der Waals surface area contributed by atoms with Gasteiger partial charge in [-0.15, -0.1) is 0 Å². The molecule has 4 rings (SSSR count). The number of fused-ring (bicyclic) bond motifs is 3. The highest BCUT2D eigenvalue weighted by atomic mass is 32.3. The standard InChI is InChI=1S/C17H13O2S3/c18-22(19,13-7-2-1-3-8-13)17-20-15-11-10-12-6-4-5-9-14(12)16(15)21-17/h1-9H,10-11H2/q+1. The minimum Gasteiger partial charge on any atom is -0.213 e. The third-order valence-corrected chi connectivity index (χ3v) is 9.24. The van der Waals surface area contributed by atoms with Gasteiger partial charge in [-0.2, -0.15) is 0 Å². The molecule has 0 aliphatic heterocycles. The summed E-state index contributed by atoms with van der Waals surface area (Å²) in [7, 11) is -3.40. The molecule has 0 fully saturated rings. The average molecular weight is 345 g/mol. The largest absolute Gasteiger partial charge is 0.374 e. The van der Waals surface area contributed by atoms with Gasteiger partial charge in [0, 0.05) is 12.0 Å². The Kier molecular flexibility index (Phi) is 3.36. The molecule has 0 spiro atoms. The van der Waals surface area contributed by atoms with Gasteiger partial charge in [-0.25, -0.2) is 8.42 Å². The fraction of sp³-hybridized carbons (Fsp3) is 0.118. The van der Waals surface area contributed by atoms with Gasteiger partial charge in [0.1, 0.15) is 22.7 Å². The van der Waals surface area contributed by atoms with Gasteiger partial charge in [-0.1, -0.05) is 42.5 Å². The van der Waals surface area contributed by atoms with E-state index >= 15 is 0 Å². The summed E-state index contributed by atoms with van der Waals surface area (Å²) in [6.45, 7) is 0. The van der Waals surface area contributed by atoms with Crippen molar-refractivity contribution in [1.29, 1.82) is 0 Å². The molecule has 1 aliphatic carbocycles. The zero-order chi connectivity index (χ0) is 15.2. The Morgan fingerprint density at radius 3 is 2.45 bits per heavy atom. The molecule has 3 aromatic rings. The summed E-state index contributed by atoms with van der Waals surface area (Å²) in [4.78, 5) is 2.69. The molecule has 0 saturated carbocycles. The molecule has 0 unspecified atom stereocenters. The molecule has 22 heavy (non-hydrogen) atoms. The second-order valence-electron chi connectivity index (χ2n) is 5.18. The smallest absolute Gasteiger partial charge is 0.213 e. The topological polar surface area (TPSA) is 34.1 Å². The highest BCUT2D eigenvalue weighted by molar-refractivity contribution is 7.96. The molecule has 0 atom stereocenters. The van der Waals surface area contributed by atoms with Crippen LogP contribution < -0.4 is 0 Å². The summed E-state index contributed by atoms with van der Waals surface area (Å²) in [5.41, 5.74) is 2.51. The lowest BCUT2D eigenvalue weighted by Gasteiger charge is -2.09. The van der Waals surface area contributed by atoms with E-state index in [1.165, 1.54) is 38.7 Å². The summed E-state index contributed by atoms with van der Waals surface area (Å²) >= 11 is 2.84. The Labute approximate surface area is 137 Å². The number of hydrogen-bond donors (Lipinski definition) is 0. The van der Waals surface area contributed by atoms with E-state index in [0.29, 0.717) is 8.42 Å². The van der Waals surface area contributed by atoms with Crippen LogP contribution in [-0.4, -0.2) is 8.42 Å². The molecule has 1 heterocycles. The van der Waals surface area contributed by atoms with Crippen LogP contribution in [0.25, 0.3) is 10.4 Å². The van der Waals surface area contributed by atoms with Gasteiger partial charge in [0.25, 0.3) is 9.84 Å². The highest BCUT2D eigenvalue weighted by Crippen LogP contribution is 2.45. The first-order valence-electron chi connectivity index (χ1n) is 7.00. The third-order valence-electron chi connectivity index (χ3n) is 3.80. The van der Waals surface area contributed by atoms with Crippen molar-refractivity contribution < 1.29 is 8.42 Å². The zero-order valence-corrected chi connectivity index (χ0v) is 14.1. The summed E-state index contributed by atoms with van der Waals surface area (Å²) in [5.74, 6) is 0. The van der Waals surface area contributed by atoms with E-state index in [1.807, 2.05) is 18.2 Å². The van der Waals surface area contributed by atoms with Crippen molar-refractivity contribution in [3.05, 3.63) is 65.0 Å². The van der Waals surface area contributed by atoms with Crippen LogP contribution in [0.2, 0.25) is 0 Å². The maximum atomic E-state index is 12.8. The lowest BCUT2D eigenvalue weighted by atomic mass is 9.95. The molecule has 0 radical (unpaired) electrons. The van der Waals surface area contributed by atoms with Gasteiger partial charge < -0.3 is 0 Å². The van der Waals surface area contributed by atoms with E-state index in [2.05, 4.69) is 12.1 Å². The molecule has 0 N–H and O–H groups in total. The van der Waals surface area contributed by atoms with E-state index in [0.717, 1.165) is 17.7 Å². The Bertz CT molecular complexity index is 941. The van der Waals surface area contributed by atoms with Crippen molar-refractivity contribution in [2.24, 2.45) is 0 Å². The first-order valence-corrected chi connectivity index (χ1v) is 10.1. The molecule has 2 nitrogen and oxygen atoms in total. The minimum atomic E-state index is -3.40. The maximum Gasteiger partial charge on any atom is 0.374 e. The van der Waals surface area contributed by atoms with Gasteiger partial charge in [-0.3, -0.25) is 0 Å². The Hall–Kier alpha value is -1.56. The first kappa shape index (κ1) is 14.1. The van der Waals surface area contributed by atoms with Crippen molar-refractivity contribution >= 4 is 32.5 Å². The summed E-state index contributed by atoms with van der Waals surface area (Å²) in [6.07, 6.45) is 1.92. The fourth-order valence-electron chi connectivity index (χ4n) is 2.69. The van der Waals surface area contributed by atoms with Crippen molar-refractivity contribution in [3.63, 3.8) is 0 Å². The number of rotatable bonds is 2. The molecular formula is C17H13O2S3+. The van der Waals surface area contributed by atoms with Crippen LogP contribution in [0, 0.1) is 0 Å². The van der Waals surface area contributed by atoms with E-state index in [4.69, 9.17) is 0 Å². The van der Waals surface area contributed by atoms with Crippen molar-refractivity contribution in [3.8, 4) is 10.4 Å². The normalized spacial score (nSPS) is 13.5. The molecule has 110 valence electrons. The van der Waals surface area contributed by atoms with E-state index in [1.54, 1.807) is 24.3 Å². The van der Waals surface area contributed by atoms with Gasteiger partial charge in [0.05, 0.1) is 4.90 Å². The monoisotopic (exact) mass is 345 g/mol. The number of aryl methyl sites for hydroxylation is 2. The van der Waals surface area contributed by atoms with E-state index < -0.39 is 9.84 Å². The van der Waals surface area contributed by atoms with Crippen molar-refractivity contribution in [2.75, 3.05) is 0 Å². The number of benzene rings is 2. The highest BCUT2D eigenvalue weighted by Gasteiger charge is 2.36. The Morgan fingerprint density at radius 1 is 0.909 bits per heavy atom. The van der Waals surface area contributed by atoms with Crippen LogP contribution >= 0.6 is 22.7 Å². The zero-order valence-electron chi connectivity index (χ0n) is 11.7. The third kappa shape index (κ3) is 2.20. The van der Waals surface area contributed by atoms with E-state index in [-0.39, 0.29) is 0 Å². The molecule has 0 bridgehead atoms. The van der Waals surface area contributed by atoms with Crippen LogP contribution in [0.5, 0.6) is 0 Å². The molecule has 1 aromatic heterocycles. The van der Waals surface area contributed by atoms with Gasteiger partial charge in [0.15, 0.2) is 9.75 Å². The lowest BCUT2D eigenvalue weighted by Crippen LogP contribution is -1.99. The van der Waals surface area contributed by atoms with Crippen LogP contribution in [-0.2, 0) is 22.7 Å². The molecule has 2 aromatic carbocycles. The first-order chi connectivity index (χ1) is 10.7. The fourth-order valence-corrected chi connectivity index (χ4v) is 7.67. The van der Waals surface area contributed by atoms with Crippen LogP contribution in [0.4, 0.5) is 0 Å². The number of hydrogen-bond acceptors (Lipinski definition) is 3. The molecular weight excluding hydrogens is 332 g/mol. The van der Waals surface area contributed by atoms with Crippen LogP contribution in [0.1, 0.15) is 10.4 Å². The van der Waals surface area contributed by atoms with Crippen molar-refractivity contribution in [1.82, 2.24) is 0 Å². The van der Waals surface area contributed by atoms with Crippen LogP contribution in [0.3, 0.4) is 0 Å². The molecule has 0 amide bonds. The second kappa shape index (κ2) is 5.26. The summed E-state index contributed by atoms with van der Waals surface area (Å²) < 4.78 is 26.1. The SMILES string of the molecule is O=S(=O)(c1ccccc1)c1sc2c([s+]1)-c1ccccc1CC2. The molecule has 5 heteroatoms. The van der Waals surface area contributed by atoms with Gasteiger partial charge in [0.2, 0.25) is 0 Å². The Balaban J connectivity index is 1.87. The van der Waals surface area contributed by atoms with Gasteiger partial charge in [-0.05, 0) is 24.1 Å². The summed E-state index contributed by atoms with van der Waals surface area (Å²) in [5, 5.41) is 0. The average Bonchev–Trinajstić information content (AvgIpc) is 3.01. The second-order valence-corrected chi connectivity index (χ2v) is 9.97. The predicted molar refractivity (Wildman–Crippen MR) is 91.3 cm³/mol.